The quantitative estimate of drug-likeness (QED) is 0.379. The molecule has 0 heterocycles. The molecule has 74 valence electrons. The number of ether oxygens (including phenoxy) is 1. The van der Waals surface area contributed by atoms with Crippen LogP contribution in [0.4, 0.5) is 4.39 Å². The Morgan fingerprint density at radius 1 is 1.29 bits per heavy atom. The van der Waals surface area contributed by atoms with Crippen molar-refractivity contribution >= 4 is 23.1 Å². The van der Waals surface area contributed by atoms with Crippen LogP contribution in [0.3, 0.4) is 0 Å². The van der Waals surface area contributed by atoms with Crippen LogP contribution in [0.2, 0.25) is 0 Å². The van der Waals surface area contributed by atoms with Gasteiger partial charge in [-0.25, -0.2) is 0 Å². The third kappa shape index (κ3) is 7.73. The van der Waals surface area contributed by atoms with Gasteiger partial charge in [-0.05, 0) is 6.42 Å². The topological polar surface area (TPSA) is 9.23 Å². The van der Waals surface area contributed by atoms with Gasteiger partial charge in [-0.1, -0.05) is 0 Å². The standard InChI is InChI=1S/C10H12FO.BrH.Mg/c11-7-4-8-12-9-10-5-2-1-3-6-10;;/h2-3,5-6H,4,7-9H2;1H;/q-1;;+2/p-1. The third-order valence-electron chi connectivity index (χ3n) is 1.48. The van der Waals surface area contributed by atoms with Crippen LogP contribution < -0.4 is 17.0 Å². The minimum absolute atomic E-state index is 0. The molecule has 0 N–H and O–H groups in total. The van der Waals surface area contributed by atoms with Crippen molar-refractivity contribution in [1.82, 2.24) is 0 Å². The number of halogens is 2. The third-order valence-corrected chi connectivity index (χ3v) is 1.48. The van der Waals surface area contributed by atoms with Crippen LogP contribution in [0.15, 0.2) is 24.3 Å². The SMILES string of the molecule is FCCCOCc1cc[c-]cc1.[Br-].[Mg+2]. The predicted octanol–water partition coefficient (Wildman–Crippen LogP) is -1.01. The fourth-order valence-electron chi connectivity index (χ4n) is 0.864. The molecule has 1 rings (SSSR count). The van der Waals surface area contributed by atoms with Gasteiger partial charge in [0, 0.05) is 13.2 Å². The average Bonchev–Trinajstić information content (AvgIpc) is 2.14. The minimum atomic E-state index is -0.303. The van der Waals surface area contributed by atoms with E-state index in [2.05, 4.69) is 6.07 Å². The van der Waals surface area contributed by atoms with Gasteiger partial charge in [0.2, 0.25) is 0 Å². The van der Waals surface area contributed by atoms with Crippen molar-refractivity contribution in [3.8, 4) is 0 Å². The maximum absolute atomic E-state index is 11.6. The first kappa shape index (κ1) is 16.8. The van der Waals surface area contributed by atoms with Crippen LogP contribution in [0.5, 0.6) is 0 Å². The molecule has 0 aliphatic carbocycles. The summed E-state index contributed by atoms with van der Waals surface area (Å²) in [6.07, 6.45) is 0.485. The van der Waals surface area contributed by atoms with Gasteiger partial charge >= 0.3 is 23.1 Å². The summed E-state index contributed by atoms with van der Waals surface area (Å²) in [5, 5.41) is 0. The van der Waals surface area contributed by atoms with Crippen LogP contribution in [0, 0.1) is 6.07 Å². The summed E-state index contributed by atoms with van der Waals surface area (Å²) in [5.74, 6) is 0. The summed E-state index contributed by atoms with van der Waals surface area (Å²) in [5.41, 5.74) is 1.10. The van der Waals surface area contributed by atoms with Gasteiger partial charge in [-0.3, -0.25) is 4.39 Å². The first-order valence-corrected chi connectivity index (χ1v) is 4.02. The van der Waals surface area contributed by atoms with E-state index in [-0.39, 0.29) is 46.7 Å². The van der Waals surface area contributed by atoms with E-state index in [4.69, 9.17) is 4.74 Å². The second kappa shape index (κ2) is 11.4. The van der Waals surface area contributed by atoms with Gasteiger partial charge in [0.15, 0.2) is 0 Å². The second-order valence-electron chi connectivity index (χ2n) is 2.50. The molecule has 0 radical (unpaired) electrons. The van der Waals surface area contributed by atoms with E-state index in [0.29, 0.717) is 19.6 Å². The molecule has 1 aromatic carbocycles. The summed E-state index contributed by atoms with van der Waals surface area (Å²) in [6.45, 7) is 0.756. The molecule has 0 aliphatic heterocycles. The van der Waals surface area contributed by atoms with Crippen molar-refractivity contribution in [2.24, 2.45) is 0 Å². The average molecular weight is 271 g/mol. The summed E-state index contributed by atoms with van der Waals surface area (Å²) in [4.78, 5) is 0. The molecule has 1 nitrogen and oxygen atoms in total. The Kier molecular flexibility index (Phi) is 13.7. The van der Waals surface area contributed by atoms with Crippen LogP contribution in [0.25, 0.3) is 0 Å². The normalized spacial score (nSPS) is 8.64. The molecular weight excluding hydrogens is 259 g/mol. The zero-order valence-electron chi connectivity index (χ0n) is 8.01. The largest absolute Gasteiger partial charge is 2.00 e. The van der Waals surface area contributed by atoms with E-state index >= 15 is 0 Å². The van der Waals surface area contributed by atoms with Crippen molar-refractivity contribution in [3.63, 3.8) is 0 Å². The summed E-state index contributed by atoms with van der Waals surface area (Å²) >= 11 is 0. The molecule has 0 saturated heterocycles. The van der Waals surface area contributed by atoms with Crippen molar-refractivity contribution in [2.45, 2.75) is 13.0 Å². The summed E-state index contributed by atoms with van der Waals surface area (Å²) < 4.78 is 16.8. The molecule has 0 bridgehead atoms. The van der Waals surface area contributed by atoms with Gasteiger partial charge < -0.3 is 21.7 Å². The number of hydrogen-bond acceptors (Lipinski definition) is 1. The first-order valence-electron chi connectivity index (χ1n) is 4.02. The van der Waals surface area contributed by atoms with Gasteiger partial charge in [-0.15, -0.1) is 5.56 Å². The summed E-state index contributed by atoms with van der Waals surface area (Å²) in [7, 11) is 0. The molecule has 0 aliphatic rings. The van der Waals surface area contributed by atoms with Crippen LogP contribution >= 0.6 is 0 Å². The Morgan fingerprint density at radius 2 is 1.93 bits per heavy atom. The second-order valence-corrected chi connectivity index (χ2v) is 2.50. The molecule has 0 aromatic heterocycles. The number of rotatable bonds is 5. The number of alkyl halides is 1. The Hall–Kier alpha value is 0.356. The van der Waals surface area contributed by atoms with E-state index in [0.717, 1.165) is 5.56 Å². The van der Waals surface area contributed by atoms with Crippen LogP contribution in [0.1, 0.15) is 12.0 Å². The fraction of sp³-hybridized carbons (Fsp3) is 0.400. The zero-order chi connectivity index (χ0) is 8.65. The predicted molar refractivity (Wildman–Crippen MR) is 51.3 cm³/mol. The molecule has 0 atom stereocenters. The fourth-order valence-corrected chi connectivity index (χ4v) is 0.864. The van der Waals surface area contributed by atoms with E-state index in [1.54, 1.807) is 0 Å². The van der Waals surface area contributed by atoms with Gasteiger partial charge in [0.1, 0.15) is 0 Å². The van der Waals surface area contributed by atoms with E-state index < -0.39 is 0 Å². The minimum Gasteiger partial charge on any atom is -1.00 e. The van der Waals surface area contributed by atoms with Crippen molar-refractivity contribution in [3.05, 3.63) is 35.9 Å². The molecular formula is C10H12BrFMgO. The van der Waals surface area contributed by atoms with E-state index in [1.807, 2.05) is 24.3 Å². The molecule has 0 spiro atoms. The molecule has 0 fully saturated rings. The van der Waals surface area contributed by atoms with E-state index in [1.165, 1.54) is 0 Å². The van der Waals surface area contributed by atoms with Crippen molar-refractivity contribution in [1.29, 1.82) is 0 Å². The Bertz CT molecular complexity index is 209. The van der Waals surface area contributed by atoms with Gasteiger partial charge in [0.05, 0.1) is 6.67 Å². The Labute approximate surface area is 111 Å². The first-order chi connectivity index (χ1) is 5.93. The van der Waals surface area contributed by atoms with Crippen LogP contribution in [-0.2, 0) is 11.3 Å². The molecule has 0 unspecified atom stereocenters. The summed E-state index contributed by atoms with van der Waals surface area (Å²) in [6, 6.07) is 10.5. The molecule has 0 saturated carbocycles. The Balaban J connectivity index is 0. The van der Waals surface area contributed by atoms with Crippen molar-refractivity contribution < 1.29 is 26.1 Å². The van der Waals surface area contributed by atoms with Crippen LogP contribution in [-0.4, -0.2) is 36.3 Å². The maximum atomic E-state index is 11.6. The molecule has 0 amide bonds. The maximum Gasteiger partial charge on any atom is 2.00 e. The van der Waals surface area contributed by atoms with Gasteiger partial charge in [-0.2, -0.15) is 30.3 Å². The molecule has 14 heavy (non-hydrogen) atoms. The molecule has 4 heteroatoms. The molecule has 1 aromatic rings. The Morgan fingerprint density at radius 3 is 2.50 bits per heavy atom. The zero-order valence-corrected chi connectivity index (χ0v) is 11.0. The van der Waals surface area contributed by atoms with Gasteiger partial charge in [0.25, 0.3) is 0 Å². The smallest absolute Gasteiger partial charge is 1.00 e. The number of hydrogen-bond donors (Lipinski definition) is 0. The van der Waals surface area contributed by atoms with E-state index in [9.17, 15) is 4.39 Å². The number of benzene rings is 1. The van der Waals surface area contributed by atoms with Crippen molar-refractivity contribution in [2.75, 3.05) is 13.3 Å². The monoisotopic (exact) mass is 270 g/mol.